The van der Waals surface area contributed by atoms with Crippen LogP contribution in [0.2, 0.25) is 0 Å². The molecule has 1 aliphatic heterocycles. The molecule has 0 aromatic heterocycles. The van der Waals surface area contributed by atoms with Gasteiger partial charge < -0.3 is 10.4 Å². The van der Waals surface area contributed by atoms with Gasteiger partial charge in [-0.05, 0) is 49.9 Å². The molecule has 0 radical (unpaired) electrons. The van der Waals surface area contributed by atoms with Gasteiger partial charge in [-0.15, -0.1) is 0 Å². The van der Waals surface area contributed by atoms with Gasteiger partial charge in [-0.3, -0.25) is 4.79 Å². The Bertz CT molecular complexity index is 702. The van der Waals surface area contributed by atoms with Crippen molar-refractivity contribution in [1.82, 2.24) is 9.62 Å². The number of hydrogen-bond acceptors (Lipinski definition) is 4. The standard InChI is InChI=1S/C17H25FN2O4S/c1-3-17(22,4-2)12-19-16(21)15-6-5-11-20(15)25(23,24)14-9-7-13(18)8-10-14/h7-10,15,22H,3-6,11-12H2,1-2H3,(H,19,21)/t15-/m0/s1. The van der Waals surface area contributed by atoms with E-state index in [0.717, 1.165) is 16.4 Å². The Labute approximate surface area is 148 Å². The fraction of sp³-hybridized carbons (Fsp3) is 0.588. The normalized spacial score (nSPS) is 19.1. The molecule has 1 aromatic rings. The molecule has 1 atom stereocenters. The lowest BCUT2D eigenvalue weighted by molar-refractivity contribution is -0.125. The summed E-state index contributed by atoms with van der Waals surface area (Å²) >= 11 is 0. The summed E-state index contributed by atoms with van der Waals surface area (Å²) in [4.78, 5) is 12.4. The fourth-order valence-electron chi connectivity index (χ4n) is 2.90. The first-order valence-electron chi connectivity index (χ1n) is 8.51. The topological polar surface area (TPSA) is 86.7 Å². The summed E-state index contributed by atoms with van der Waals surface area (Å²) in [7, 11) is -3.87. The molecule has 2 N–H and O–H groups in total. The Balaban J connectivity index is 2.13. The Morgan fingerprint density at radius 1 is 1.32 bits per heavy atom. The number of aliphatic hydroxyl groups is 1. The summed E-state index contributed by atoms with van der Waals surface area (Å²) in [5.41, 5.74) is -0.991. The Hall–Kier alpha value is -1.51. The lowest BCUT2D eigenvalue weighted by Crippen LogP contribution is -2.50. The van der Waals surface area contributed by atoms with Crippen molar-refractivity contribution >= 4 is 15.9 Å². The van der Waals surface area contributed by atoms with Gasteiger partial charge in [-0.2, -0.15) is 4.31 Å². The average Bonchev–Trinajstić information content (AvgIpc) is 3.10. The number of nitrogens with one attached hydrogen (secondary N) is 1. The van der Waals surface area contributed by atoms with E-state index in [9.17, 15) is 22.7 Å². The van der Waals surface area contributed by atoms with Crippen LogP contribution in [0.3, 0.4) is 0 Å². The smallest absolute Gasteiger partial charge is 0.243 e. The second-order valence-corrected chi connectivity index (χ2v) is 8.27. The SMILES string of the molecule is CCC(O)(CC)CNC(=O)[C@@H]1CCCN1S(=O)(=O)c1ccc(F)cc1. The van der Waals surface area contributed by atoms with E-state index in [-0.39, 0.29) is 18.0 Å². The van der Waals surface area contributed by atoms with Crippen LogP contribution in [0, 0.1) is 5.82 Å². The van der Waals surface area contributed by atoms with Crippen LogP contribution in [-0.2, 0) is 14.8 Å². The van der Waals surface area contributed by atoms with Crippen molar-refractivity contribution in [3.63, 3.8) is 0 Å². The fourth-order valence-corrected chi connectivity index (χ4v) is 4.56. The number of hydrogen-bond donors (Lipinski definition) is 2. The van der Waals surface area contributed by atoms with Gasteiger partial charge in [0.25, 0.3) is 0 Å². The van der Waals surface area contributed by atoms with E-state index >= 15 is 0 Å². The number of carbonyl (C=O) groups excluding carboxylic acids is 1. The number of nitrogens with zero attached hydrogens (tertiary/aromatic N) is 1. The Morgan fingerprint density at radius 2 is 1.92 bits per heavy atom. The summed E-state index contributed by atoms with van der Waals surface area (Å²) in [6, 6.07) is 3.75. The molecular formula is C17H25FN2O4S. The molecule has 1 saturated heterocycles. The molecular weight excluding hydrogens is 347 g/mol. The van der Waals surface area contributed by atoms with Gasteiger partial charge in [0.1, 0.15) is 11.9 Å². The maximum absolute atomic E-state index is 13.0. The van der Waals surface area contributed by atoms with Gasteiger partial charge in [0.2, 0.25) is 15.9 Å². The van der Waals surface area contributed by atoms with Crippen molar-refractivity contribution in [3.8, 4) is 0 Å². The van der Waals surface area contributed by atoms with Crippen LogP contribution in [-0.4, -0.2) is 48.5 Å². The van der Waals surface area contributed by atoms with E-state index in [4.69, 9.17) is 0 Å². The zero-order valence-electron chi connectivity index (χ0n) is 14.5. The van der Waals surface area contributed by atoms with Crippen molar-refractivity contribution in [2.45, 2.75) is 56.1 Å². The molecule has 8 heteroatoms. The second kappa shape index (κ2) is 7.80. The van der Waals surface area contributed by atoms with Crippen molar-refractivity contribution in [2.24, 2.45) is 0 Å². The summed E-state index contributed by atoms with van der Waals surface area (Å²) < 4.78 is 39.7. The number of amides is 1. The van der Waals surface area contributed by atoms with E-state index in [0.29, 0.717) is 25.7 Å². The molecule has 0 aliphatic carbocycles. The predicted molar refractivity (Wildman–Crippen MR) is 91.9 cm³/mol. The number of halogens is 1. The molecule has 6 nitrogen and oxygen atoms in total. The average molecular weight is 372 g/mol. The highest BCUT2D eigenvalue weighted by Gasteiger charge is 2.39. The van der Waals surface area contributed by atoms with Gasteiger partial charge in [-0.25, -0.2) is 12.8 Å². The van der Waals surface area contributed by atoms with Crippen LogP contribution in [0.25, 0.3) is 0 Å². The third-order valence-electron chi connectivity index (χ3n) is 4.83. The van der Waals surface area contributed by atoms with Gasteiger partial charge in [0, 0.05) is 13.1 Å². The summed E-state index contributed by atoms with van der Waals surface area (Å²) in [6.07, 6.45) is 1.98. The van der Waals surface area contributed by atoms with Crippen LogP contribution >= 0.6 is 0 Å². The zero-order valence-corrected chi connectivity index (χ0v) is 15.4. The number of carbonyl (C=O) groups is 1. The zero-order chi connectivity index (χ0) is 18.7. The highest BCUT2D eigenvalue weighted by molar-refractivity contribution is 7.89. The molecule has 1 heterocycles. The van der Waals surface area contributed by atoms with Crippen LogP contribution < -0.4 is 5.32 Å². The van der Waals surface area contributed by atoms with E-state index in [2.05, 4.69) is 5.32 Å². The molecule has 0 spiro atoms. The lowest BCUT2D eigenvalue weighted by Gasteiger charge is -2.28. The van der Waals surface area contributed by atoms with E-state index < -0.39 is 33.4 Å². The van der Waals surface area contributed by atoms with E-state index in [1.54, 1.807) is 0 Å². The molecule has 140 valence electrons. The van der Waals surface area contributed by atoms with E-state index in [1.807, 2.05) is 13.8 Å². The highest BCUT2D eigenvalue weighted by Crippen LogP contribution is 2.26. The number of sulfonamides is 1. The van der Waals surface area contributed by atoms with E-state index in [1.165, 1.54) is 12.1 Å². The first-order chi connectivity index (χ1) is 11.7. The minimum atomic E-state index is -3.87. The predicted octanol–water partition coefficient (Wildman–Crippen LogP) is 1.65. The summed E-state index contributed by atoms with van der Waals surface area (Å²) in [6.45, 7) is 3.98. The van der Waals surface area contributed by atoms with Crippen molar-refractivity contribution < 1.29 is 22.7 Å². The largest absolute Gasteiger partial charge is 0.388 e. The maximum atomic E-state index is 13.0. The van der Waals surface area contributed by atoms with Gasteiger partial charge >= 0.3 is 0 Å². The van der Waals surface area contributed by atoms with Gasteiger partial charge in [0.05, 0.1) is 10.5 Å². The third kappa shape index (κ3) is 4.37. The minimum Gasteiger partial charge on any atom is -0.388 e. The summed E-state index contributed by atoms with van der Waals surface area (Å²) in [5, 5.41) is 12.9. The van der Waals surface area contributed by atoms with Crippen LogP contribution in [0.4, 0.5) is 4.39 Å². The molecule has 1 amide bonds. The number of rotatable bonds is 7. The van der Waals surface area contributed by atoms with Gasteiger partial charge in [-0.1, -0.05) is 13.8 Å². The van der Waals surface area contributed by atoms with Crippen molar-refractivity contribution in [1.29, 1.82) is 0 Å². The minimum absolute atomic E-state index is 0.0350. The molecule has 0 bridgehead atoms. The van der Waals surface area contributed by atoms with Crippen LogP contribution in [0.15, 0.2) is 29.2 Å². The number of benzene rings is 1. The van der Waals surface area contributed by atoms with Gasteiger partial charge in [0.15, 0.2) is 0 Å². The molecule has 0 unspecified atom stereocenters. The Kier molecular flexibility index (Phi) is 6.18. The molecule has 0 saturated carbocycles. The second-order valence-electron chi connectivity index (χ2n) is 6.38. The van der Waals surface area contributed by atoms with Crippen molar-refractivity contribution in [2.75, 3.05) is 13.1 Å². The van der Waals surface area contributed by atoms with Crippen molar-refractivity contribution in [3.05, 3.63) is 30.1 Å². The molecule has 2 rings (SSSR count). The molecule has 25 heavy (non-hydrogen) atoms. The molecule has 1 aromatic carbocycles. The third-order valence-corrected chi connectivity index (χ3v) is 6.76. The van der Waals surface area contributed by atoms with Crippen LogP contribution in [0.5, 0.6) is 0 Å². The maximum Gasteiger partial charge on any atom is 0.243 e. The highest BCUT2D eigenvalue weighted by atomic mass is 32.2. The first kappa shape index (κ1) is 19.8. The lowest BCUT2D eigenvalue weighted by atomic mass is 9.97. The summed E-state index contributed by atoms with van der Waals surface area (Å²) in [5.74, 6) is -0.934. The Morgan fingerprint density at radius 3 is 2.48 bits per heavy atom. The monoisotopic (exact) mass is 372 g/mol. The first-order valence-corrected chi connectivity index (χ1v) is 9.95. The van der Waals surface area contributed by atoms with Crippen LogP contribution in [0.1, 0.15) is 39.5 Å². The molecule has 1 aliphatic rings. The quantitative estimate of drug-likeness (QED) is 0.762. The molecule has 1 fully saturated rings.